The maximum Gasteiger partial charge on any atom is 0.176 e. The van der Waals surface area contributed by atoms with E-state index in [0.29, 0.717) is 17.8 Å². The minimum Gasteiger partial charge on any atom is -0.345 e. The third-order valence-electron chi connectivity index (χ3n) is 8.52. The van der Waals surface area contributed by atoms with Gasteiger partial charge in [0.15, 0.2) is 5.84 Å². The first-order valence-corrected chi connectivity index (χ1v) is 13.9. The Hall–Kier alpha value is -2.95. The normalized spacial score (nSPS) is 20.9. The highest BCUT2D eigenvalue weighted by Crippen LogP contribution is 2.39. The van der Waals surface area contributed by atoms with Crippen LogP contribution in [0.25, 0.3) is 0 Å². The Morgan fingerprint density at radius 1 is 1.03 bits per heavy atom. The maximum atomic E-state index is 8.19. The topological polar surface area (TPSA) is 77.8 Å². The van der Waals surface area contributed by atoms with Gasteiger partial charge in [-0.3, -0.25) is 5.41 Å². The van der Waals surface area contributed by atoms with Crippen molar-refractivity contribution in [2.24, 2.45) is 28.0 Å². The van der Waals surface area contributed by atoms with Crippen LogP contribution in [0.3, 0.4) is 0 Å². The molecule has 2 aromatic carbocycles. The van der Waals surface area contributed by atoms with Gasteiger partial charge in [-0.1, -0.05) is 68.3 Å². The lowest BCUT2D eigenvalue weighted by molar-refractivity contribution is 0.323. The lowest BCUT2D eigenvalue weighted by Gasteiger charge is -2.38. The molecule has 0 atom stereocenters. The van der Waals surface area contributed by atoms with Crippen molar-refractivity contribution in [1.82, 2.24) is 0 Å². The van der Waals surface area contributed by atoms with E-state index < -0.39 is 0 Å². The molecule has 2 saturated carbocycles. The van der Waals surface area contributed by atoms with Crippen LogP contribution in [0.5, 0.6) is 0 Å². The summed E-state index contributed by atoms with van der Waals surface area (Å²) in [5, 5.41) is 15.2. The molecule has 2 aliphatic rings. The molecule has 0 aliphatic heterocycles. The molecular weight excluding hydrogens is 442 g/mol. The molecule has 5 nitrogen and oxygen atoms in total. The van der Waals surface area contributed by atoms with Crippen LogP contribution in [0.4, 0.5) is 5.69 Å². The van der Waals surface area contributed by atoms with Crippen LogP contribution >= 0.6 is 0 Å². The van der Waals surface area contributed by atoms with Crippen molar-refractivity contribution >= 4 is 11.5 Å². The molecule has 2 fully saturated rings. The predicted octanol–water partition coefficient (Wildman–Crippen LogP) is 8.08. The summed E-state index contributed by atoms with van der Waals surface area (Å²) in [7, 11) is 0. The van der Waals surface area contributed by atoms with Crippen LogP contribution in [0.1, 0.15) is 92.9 Å². The first-order valence-electron chi connectivity index (χ1n) is 13.9. The number of hydrogen-bond acceptors (Lipinski definition) is 3. The molecule has 2 aliphatic carbocycles. The molecule has 0 amide bonds. The first kappa shape index (κ1) is 26.1. The Kier molecular flexibility index (Phi) is 8.95. The molecule has 0 aromatic heterocycles. The maximum absolute atomic E-state index is 8.19. The molecule has 4 rings (SSSR count). The molecule has 0 unspecified atom stereocenters. The SMILES string of the molecule is C=C(C1CCCCC1)N(CC1CCC(c2ccc(CC)c(C)c2)CC1)c1cccc(C(=N)N=NN)c1. The molecule has 36 heavy (non-hydrogen) atoms. The van der Waals surface area contributed by atoms with Gasteiger partial charge in [0.05, 0.1) is 0 Å². The Balaban J connectivity index is 1.49. The molecule has 192 valence electrons. The zero-order valence-corrected chi connectivity index (χ0v) is 22.2. The third-order valence-corrected chi connectivity index (χ3v) is 8.52. The van der Waals surface area contributed by atoms with Crippen molar-refractivity contribution in [2.45, 2.75) is 84.0 Å². The van der Waals surface area contributed by atoms with E-state index in [-0.39, 0.29) is 5.84 Å². The minimum absolute atomic E-state index is 0.0903. The van der Waals surface area contributed by atoms with Crippen LogP contribution in [0.2, 0.25) is 0 Å². The van der Waals surface area contributed by atoms with Gasteiger partial charge in [-0.15, -0.1) is 5.11 Å². The van der Waals surface area contributed by atoms with E-state index in [1.54, 1.807) is 0 Å². The highest BCUT2D eigenvalue weighted by Gasteiger charge is 2.28. The zero-order valence-electron chi connectivity index (χ0n) is 22.2. The fourth-order valence-corrected chi connectivity index (χ4v) is 6.29. The fourth-order valence-electron chi connectivity index (χ4n) is 6.29. The van der Waals surface area contributed by atoms with Crippen LogP contribution in [0, 0.1) is 24.2 Å². The summed E-state index contributed by atoms with van der Waals surface area (Å²) in [4.78, 5) is 2.46. The summed E-state index contributed by atoms with van der Waals surface area (Å²) in [5.74, 6) is 7.15. The number of nitrogens with one attached hydrogen (secondary N) is 1. The van der Waals surface area contributed by atoms with Crippen molar-refractivity contribution in [3.8, 4) is 0 Å². The van der Waals surface area contributed by atoms with Gasteiger partial charge in [-0.2, -0.15) is 0 Å². The monoisotopic (exact) mass is 485 g/mol. The number of hydrogen-bond donors (Lipinski definition) is 2. The second kappa shape index (κ2) is 12.3. The third kappa shape index (κ3) is 6.24. The summed E-state index contributed by atoms with van der Waals surface area (Å²) in [6, 6.07) is 15.2. The summed E-state index contributed by atoms with van der Waals surface area (Å²) in [6.07, 6.45) is 12.5. The average molecular weight is 486 g/mol. The molecular formula is C31H43N5. The van der Waals surface area contributed by atoms with E-state index in [2.05, 4.69) is 66.0 Å². The van der Waals surface area contributed by atoms with Crippen LogP contribution in [0.15, 0.2) is 65.1 Å². The summed E-state index contributed by atoms with van der Waals surface area (Å²) >= 11 is 0. The second-order valence-corrected chi connectivity index (χ2v) is 10.8. The molecule has 0 saturated heterocycles. The number of nitrogens with two attached hydrogens (primary N) is 1. The molecule has 2 aromatic rings. The number of anilines is 1. The molecule has 5 heteroatoms. The Morgan fingerprint density at radius 2 is 1.78 bits per heavy atom. The van der Waals surface area contributed by atoms with E-state index in [1.165, 1.54) is 80.2 Å². The highest BCUT2D eigenvalue weighted by atomic mass is 15.3. The summed E-state index contributed by atoms with van der Waals surface area (Å²) < 4.78 is 0. The quantitative estimate of drug-likeness (QED) is 0.130. The number of allylic oxidation sites excluding steroid dienone is 1. The molecule has 0 heterocycles. The molecule has 0 spiro atoms. The minimum atomic E-state index is 0.0903. The van der Waals surface area contributed by atoms with E-state index >= 15 is 0 Å². The fraction of sp³-hybridized carbons (Fsp3) is 0.516. The molecule has 3 N–H and O–H groups in total. The Labute approximate surface area is 217 Å². The van der Waals surface area contributed by atoms with Crippen molar-refractivity contribution < 1.29 is 0 Å². The summed E-state index contributed by atoms with van der Waals surface area (Å²) in [6.45, 7) is 10.1. The van der Waals surface area contributed by atoms with Crippen molar-refractivity contribution in [3.05, 3.63) is 77.0 Å². The Morgan fingerprint density at radius 3 is 2.44 bits per heavy atom. The zero-order chi connectivity index (χ0) is 25.5. The number of rotatable bonds is 8. The number of aryl methyl sites for hydroxylation is 2. The van der Waals surface area contributed by atoms with Gasteiger partial charge >= 0.3 is 0 Å². The number of nitrogens with zero attached hydrogens (tertiary/aromatic N) is 3. The van der Waals surface area contributed by atoms with Gasteiger partial charge in [0, 0.05) is 23.5 Å². The van der Waals surface area contributed by atoms with Crippen LogP contribution in [-0.4, -0.2) is 12.4 Å². The first-order chi connectivity index (χ1) is 17.5. The van der Waals surface area contributed by atoms with Gasteiger partial charge in [0.2, 0.25) is 0 Å². The lowest BCUT2D eigenvalue weighted by Crippen LogP contribution is -2.34. The van der Waals surface area contributed by atoms with Gasteiger partial charge < -0.3 is 10.7 Å². The highest BCUT2D eigenvalue weighted by molar-refractivity contribution is 5.97. The van der Waals surface area contributed by atoms with E-state index in [9.17, 15) is 0 Å². The van der Waals surface area contributed by atoms with Gasteiger partial charge in [0.1, 0.15) is 0 Å². The smallest absolute Gasteiger partial charge is 0.176 e. The number of amidine groups is 1. The van der Waals surface area contributed by atoms with Crippen LogP contribution in [-0.2, 0) is 6.42 Å². The van der Waals surface area contributed by atoms with Crippen molar-refractivity contribution in [1.29, 1.82) is 5.41 Å². The second-order valence-electron chi connectivity index (χ2n) is 10.8. The van der Waals surface area contributed by atoms with Gasteiger partial charge in [0.25, 0.3) is 0 Å². The lowest BCUT2D eigenvalue weighted by atomic mass is 9.77. The van der Waals surface area contributed by atoms with Crippen molar-refractivity contribution in [2.75, 3.05) is 11.4 Å². The largest absolute Gasteiger partial charge is 0.345 e. The Bertz CT molecular complexity index is 1070. The van der Waals surface area contributed by atoms with E-state index in [1.807, 2.05) is 12.1 Å². The predicted molar refractivity (Wildman–Crippen MR) is 151 cm³/mol. The van der Waals surface area contributed by atoms with E-state index in [0.717, 1.165) is 24.2 Å². The molecule has 0 bridgehead atoms. The average Bonchev–Trinajstić information content (AvgIpc) is 2.92. The molecule has 0 radical (unpaired) electrons. The summed E-state index contributed by atoms with van der Waals surface area (Å²) in [5.41, 5.74) is 7.50. The van der Waals surface area contributed by atoms with Crippen molar-refractivity contribution in [3.63, 3.8) is 0 Å². The van der Waals surface area contributed by atoms with E-state index in [4.69, 9.17) is 11.3 Å². The van der Waals surface area contributed by atoms with Crippen LogP contribution < -0.4 is 10.7 Å². The standard InChI is InChI=1S/C31H43N5/c1-4-25-17-18-28(19-22(25)2)27-15-13-24(14-16-27)21-36(23(3)26-9-6-5-7-10-26)30-12-8-11-29(20-30)31(32)34-35-33/h8,11-12,17-20,24,26-27H,3-7,9-10,13-16,21H2,1-2H3,(H3,32,33,34). The van der Waals surface area contributed by atoms with Gasteiger partial charge in [-0.25, -0.2) is 0 Å². The van der Waals surface area contributed by atoms with Gasteiger partial charge in [-0.05, 0) is 98.4 Å². The number of benzene rings is 2.